The van der Waals surface area contributed by atoms with Gasteiger partial charge in [0.05, 0.1) is 11.3 Å². The number of carbonyl (C=O) groups is 1. The Hall–Kier alpha value is -2.12. The number of halogens is 2. The molecule has 1 aromatic rings. The molecule has 92 valence electrons. The molecular formula is C9H8F2N2O4. The SMILES string of the molecule is Cc1cc(CC(=O)O)c([N+](=O)[O-])c(C(F)F)n1. The Labute approximate surface area is 94.1 Å². The van der Waals surface area contributed by atoms with Crippen molar-refractivity contribution in [2.75, 3.05) is 0 Å². The Morgan fingerprint density at radius 1 is 1.65 bits per heavy atom. The number of nitrogens with zero attached hydrogens (tertiary/aromatic N) is 2. The van der Waals surface area contributed by atoms with Crippen LogP contribution in [0.2, 0.25) is 0 Å². The monoisotopic (exact) mass is 246 g/mol. The first-order chi connectivity index (χ1) is 7.82. The summed E-state index contributed by atoms with van der Waals surface area (Å²) in [5.41, 5.74) is -2.08. The lowest BCUT2D eigenvalue weighted by molar-refractivity contribution is -0.387. The normalized spacial score (nSPS) is 10.6. The molecule has 0 fully saturated rings. The fourth-order valence-electron chi connectivity index (χ4n) is 1.42. The van der Waals surface area contributed by atoms with Crippen LogP contribution in [-0.2, 0) is 11.2 Å². The van der Waals surface area contributed by atoms with E-state index in [4.69, 9.17) is 5.11 Å². The van der Waals surface area contributed by atoms with E-state index < -0.39 is 35.1 Å². The van der Waals surface area contributed by atoms with Crippen LogP contribution in [-0.4, -0.2) is 21.0 Å². The lowest BCUT2D eigenvalue weighted by Gasteiger charge is -2.06. The van der Waals surface area contributed by atoms with E-state index in [-0.39, 0.29) is 11.3 Å². The molecule has 0 atom stereocenters. The average molecular weight is 246 g/mol. The van der Waals surface area contributed by atoms with Gasteiger partial charge in [0.2, 0.25) is 0 Å². The number of pyridine rings is 1. The number of carboxylic acid groups (broad SMARTS) is 1. The van der Waals surface area contributed by atoms with Gasteiger partial charge in [0, 0.05) is 11.3 Å². The first-order valence-corrected chi connectivity index (χ1v) is 4.47. The molecule has 0 spiro atoms. The van der Waals surface area contributed by atoms with E-state index >= 15 is 0 Å². The topological polar surface area (TPSA) is 93.3 Å². The molecule has 0 amide bonds. The maximum absolute atomic E-state index is 12.6. The van der Waals surface area contributed by atoms with Crippen LogP contribution in [0.3, 0.4) is 0 Å². The van der Waals surface area contributed by atoms with Crippen molar-refractivity contribution in [1.29, 1.82) is 0 Å². The molecule has 8 heteroatoms. The van der Waals surface area contributed by atoms with E-state index in [9.17, 15) is 23.7 Å². The summed E-state index contributed by atoms with van der Waals surface area (Å²) in [5, 5.41) is 19.2. The molecule has 0 aliphatic carbocycles. The zero-order valence-corrected chi connectivity index (χ0v) is 8.68. The van der Waals surface area contributed by atoms with Crippen LogP contribution < -0.4 is 0 Å². The summed E-state index contributed by atoms with van der Waals surface area (Å²) >= 11 is 0. The highest BCUT2D eigenvalue weighted by Crippen LogP contribution is 2.31. The minimum atomic E-state index is -3.12. The van der Waals surface area contributed by atoms with Gasteiger partial charge in [0.15, 0.2) is 5.69 Å². The number of aryl methyl sites for hydroxylation is 1. The second-order valence-electron chi connectivity index (χ2n) is 3.28. The van der Waals surface area contributed by atoms with Gasteiger partial charge in [-0.05, 0) is 13.0 Å². The molecule has 0 aromatic carbocycles. The highest BCUT2D eigenvalue weighted by atomic mass is 19.3. The first kappa shape index (κ1) is 12.9. The molecule has 0 radical (unpaired) electrons. The second-order valence-corrected chi connectivity index (χ2v) is 3.28. The van der Waals surface area contributed by atoms with Gasteiger partial charge in [-0.1, -0.05) is 0 Å². The molecule has 0 saturated carbocycles. The van der Waals surface area contributed by atoms with Crippen molar-refractivity contribution in [1.82, 2.24) is 4.98 Å². The Morgan fingerprint density at radius 3 is 2.65 bits per heavy atom. The van der Waals surface area contributed by atoms with Crippen LogP contribution in [0.25, 0.3) is 0 Å². The number of hydrogen-bond donors (Lipinski definition) is 1. The molecule has 0 unspecified atom stereocenters. The van der Waals surface area contributed by atoms with Crippen LogP contribution >= 0.6 is 0 Å². The van der Waals surface area contributed by atoms with E-state index in [1.54, 1.807) is 0 Å². The maximum atomic E-state index is 12.6. The highest BCUT2D eigenvalue weighted by molar-refractivity contribution is 5.72. The molecule has 0 aliphatic rings. The van der Waals surface area contributed by atoms with Gasteiger partial charge >= 0.3 is 5.97 Å². The van der Waals surface area contributed by atoms with Crippen molar-refractivity contribution in [3.05, 3.63) is 33.1 Å². The summed E-state index contributed by atoms with van der Waals surface area (Å²) in [5.74, 6) is -1.33. The third-order valence-corrected chi connectivity index (χ3v) is 1.96. The van der Waals surface area contributed by atoms with E-state index in [1.807, 2.05) is 0 Å². The van der Waals surface area contributed by atoms with Crippen molar-refractivity contribution in [2.45, 2.75) is 19.8 Å². The lowest BCUT2D eigenvalue weighted by atomic mass is 10.1. The van der Waals surface area contributed by atoms with Crippen LogP contribution in [0, 0.1) is 17.0 Å². The van der Waals surface area contributed by atoms with E-state index in [1.165, 1.54) is 6.92 Å². The molecule has 0 aliphatic heterocycles. The molecule has 1 heterocycles. The quantitative estimate of drug-likeness (QED) is 0.646. The summed E-state index contributed by atoms with van der Waals surface area (Å²) in [7, 11) is 0. The largest absolute Gasteiger partial charge is 0.481 e. The fourth-order valence-corrected chi connectivity index (χ4v) is 1.42. The molecule has 0 bridgehead atoms. The van der Waals surface area contributed by atoms with Gasteiger partial charge in [0.1, 0.15) is 0 Å². The van der Waals surface area contributed by atoms with Crippen LogP contribution in [0.5, 0.6) is 0 Å². The molecule has 1 aromatic heterocycles. The number of nitro groups is 1. The molecular weight excluding hydrogens is 238 g/mol. The van der Waals surface area contributed by atoms with E-state index in [2.05, 4.69) is 4.98 Å². The van der Waals surface area contributed by atoms with Crippen molar-refractivity contribution in [2.24, 2.45) is 0 Å². The number of carboxylic acids is 1. The van der Waals surface area contributed by atoms with Crippen molar-refractivity contribution >= 4 is 11.7 Å². The average Bonchev–Trinajstić information content (AvgIpc) is 2.14. The van der Waals surface area contributed by atoms with Gasteiger partial charge in [-0.2, -0.15) is 0 Å². The third-order valence-electron chi connectivity index (χ3n) is 1.96. The summed E-state index contributed by atoms with van der Waals surface area (Å²) in [4.78, 5) is 23.5. The van der Waals surface area contributed by atoms with Crippen LogP contribution in [0.15, 0.2) is 6.07 Å². The Balaban J connectivity index is 3.45. The molecule has 1 rings (SSSR count). The fraction of sp³-hybridized carbons (Fsp3) is 0.333. The summed E-state index contributed by atoms with van der Waals surface area (Å²) in [6.07, 6.45) is -3.82. The maximum Gasteiger partial charge on any atom is 0.308 e. The minimum Gasteiger partial charge on any atom is -0.481 e. The number of aromatic nitrogens is 1. The Morgan fingerprint density at radius 2 is 2.24 bits per heavy atom. The second kappa shape index (κ2) is 4.81. The van der Waals surface area contributed by atoms with Crippen molar-refractivity contribution in [3.8, 4) is 0 Å². The van der Waals surface area contributed by atoms with Crippen LogP contribution in [0.1, 0.15) is 23.4 Å². The van der Waals surface area contributed by atoms with Crippen molar-refractivity contribution < 1.29 is 23.6 Å². The minimum absolute atomic E-state index is 0.113. The zero-order valence-electron chi connectivity index (χ0n) is 8.68. The Bertz CT molecular complexity index is 476. The number of rotatable bonds is 4. The van der Waals surface area contributed by atoms with Crippen molar-refractivity contribution in [3.63, 3.8) is 0 Å². The first-order valence-electron chi connectivity index (χ1n) is 4.47. The van der Waals surface area contributed by atoms with Gasteiger partial charge < -0.3 is 5.11 Å². The summed E-state index contributed by atoms with van der Waals surface area (Å²) < 4.78 is 25.1. The van der Waals surface area contributed by atoms with Gasteiger partial charge in [-0.25, -0.2) is 13.8 Å². The Kier molecular flexibility index (Phi) is 3.66. The molecule has 0 saturated heterocycles. The van der Waals surface area contributed by atoms with E-state index in [0.29, 0.717) is 0 Å². The zero-order chi connectivity index (χ0) is 13.2. The molecule has 1 N–H and O–H groups in total. The predicted octanol–water partition coefficient (Wildman–Crippen LogP) is 1.86. The van der Waals surface area contributed by atoms with Gasteiger partial charge in [0.25, 0.3) is 12.1 Å². The third kappa shape index (κ3) is 2.92. The summed E-state index contributed by atoms with van der Waals surface area (Å²) in [6, 6.07) is 1.12. The summed E-state index contributed by atoms with van der Waals surface area (Å²) in [6.45, 7) is 1.36. The predicted molar refractivity (Wildman–Crippen MR) is 51.9 cm³/mol. The van der Waals surface area contributed by atoms with Crippen LogP contribution in [0.4, 0.5) is 14.5 Å². The van der Waals surface area contributed by atoms with Gasteiger partial charge in [-0.15, -0.1) is 0 Å². The number of alkyl halides is 2. The number of hydrogen-bond acceptors (Lipinski definition) is 4. The number of aliphatic carboxylic acids is 1. The standard InChI is InChI=1S/C9H8F2N2O4/c1-4-2-5(3-6(14)15)8(13(16)17)7(12-4)9(10)11/h2,9H,3H2,1H3,(H,14,15). The molecule has 6 nitrogen and oxygen atoms in total. The lowest BCUT2D eigenvalue weighted by Crippen LogP contribution is -2.09. The molecule has 17 heavy (non-hydrogen) atoms. The van der Waals surface area contributed by atoms with Gasteiger partial charge in [-0.3, -0.25) is 14.9 Å². The van der Waals surface area contributed by atoms with E-state index in [0.717, 1.165) is 6.07 Å². The smallest absolute Gasteiger partial charge is 0.308 e. The highest BCUT2D eigenvalue weighted by Gasteiger charge is 2.28.